The van der Waals surface area contributed by atoms with Crippen molar-refractivity contribution < 1.29 is 9.53 Å². The molecule has 7 heteroatoms. The Hall–Kier alpha value is -3.22. The second-order valence-electron chi connectivity index (χ2n) is 6.60. The van der Waals surface area contributed by atoms with E-state index in [1.54, 1.807) is 25.7 Å². The lowest BCUT2D eigenvalue weighted by atomic mass is 9.96. The lowest BCUT2D eigenvalue weighted by Crippen LogP contribution is -2.40. The van der Waals surface area contributed by atoms with Crippen molar-refractivity contribution in [2.75, 3.05) is 30.4 Å². The highest BCUT2D eigenvalue weighted by molar-refractivity contribution is 5.93. The van der Waals surface area contributed by atoms with E-state index in [0.717, 1.165) is 42.0 Å². The van der Waals surface area contributed by atoms with E-state index in [0.29, 0.717) is 12.2 Å². The second kappa shape index (κ2) is 7.57. The summed E-state index contributed by atoms with van der Waals surface area (Å²) < 4.78 is 5.15. The van der Waals surface area contributed by atoms with Crippen LogP contribution in [0.1, 0.15) is 12.8 Å². The summed E-state index contributed by atoms with van der Waals surface area (Å²) in [6, 6.07) is 9.36. The normalized spacial score (nSPS) is 16.9. The van der Waals surface area contributed by atoms with E-state index in [-0.39, 0.29) is 11.8 Å². The number of nitrogens with one attached hydrogen (secondary N) is 1. The maximum absolute atomic E-state index is 12.7. The number of fused-ring (bicyclic) bond motifs is 1. The number of hydrogen-bond acceptors (Lipinski definition) is 6. The van der Waals surface area contributed by atoms with Crippen LogP contribution >= 0.6 is 0 Å². The Balaban J connectivity index is 1.45. The molecule has 3 heterocycles. The SMILES string of the molecule is COc1ccc(NC(=O)[C@@H]2CCCN(c3cnc4nccnc4c3)C2)cc1. The average Bonchev–Trinajstić information content (AvgIpc) is 2.74. The molecule has 0 spiro atoms. The fraction of sp³-hybridized carbons (Fsp3) is 0.300. The second-order valence-corrected chi connectivity index (χ2v) is 6.60. The molecule has 0 saturated carbocycles. The number of anilines is 2. The number of piperidine rings is 1. The van der Waals surface area contributed by atoms with E-state index in [2.05, 4.69) is 25.2 Å². The summed E-state index contributed by atoms with van der Waals surface area (Å²) in [7, 11) is 1.62. The largest absolute Gasteiger partial charge is 0.497 e. The van der Waals surface area contributed by atoms with Crippen molar-refractivity contribution in [1.29, 1.82) is 0 Å². The summed E-state index contributed by atoms with van der Waals surface area (Å²) in [5, 5.41) is 3.01. The molecule has 0 unspecified atom stereocenters. The number of carbonyl (C=O) groups is 1. The summed E-state index contributed by atoms with van der Waals surface area (Å²) in [5.41, 5.74) is 3.15. The van der Waals surface area contributed by atoms with E-state index < -0.39 is 0 Å². The molecule has 1 atom stereocenters. The van der Waals surface area contributed by atoms with Gasteiger partial charge in [0.05, 0.1) is 24.9 Å². The molecular weight excluding hydrogens is 342 g/mol. The minimum absolute atomic E-state index is 0.0402. The molecule has 0 bridgehead atoms. The molecule has 7 nitrogen and oxygen atoms in total. The monoisotopic (exact) mass is 363 g/mol. The Labute approximate surface area is 157 Å². The van der Waals surface area contributed by atoms with Gasteiger partial charge in [0.25, 0.3) is 0 Å². The Bertz CT molecular complexity index is 945. The third-order valence-electron chi connectivity index (χ3n) is 4.82. The number of rotatable bonds is 4. The van der Waals surface area contributed by atoms with Gasteiger partial charge in [-0.3, -0.25) is 9.78 Å². The highest BCUT2D eigenvalue weighted by Crippen LogP contribution is 2.25. The zero-order chi connectivity index (χ0) is 18.6. The first-order valence-corrected chi connectivity index (χ1v) is 8.99. The highest BCUT2D eigenvalue weighted by Gasteiger charge is 2.26. The molecule has 2 aromatic heterocycles. The molecule has 27 heavy (non-hydrogen) atoms. The molecule has 1 amide bonds. The molecule has 138 valence electrons. The van der Waals surface area contributed by atoms with Gasteiger partial charge in [-0.05, 0) is 43.2 Å². The number of ether oxygens (including phenoxy) is 1. The first kappa shape index (κ1) is 17.2. The van der Waals surface area contributed by atoms with Crippen LogP contribution in [0, 0.1) is 5.92 Å². The van der Waals surface area contributed by atoms with Gasteiger partial charge in [0, 0.05) is 31.2 Å². The minimum Gasteiger partial charge on any atom is -0.497 e. The van der Waals surface area contributed by atoms with Crippen molar-refractivity contribution in [3.05, 3.63) is 48.9 Å². The maximum Gasteiger partial charge on any atom is 0.229 e. The average molecular weight is 363 g/mol. The van der Waals surface area contributed by atoms with Crippen LogP contribution in [0.2, 0.25) is 0 Å². The Morgan fingerprint density at radius 1 is 1.19 bits per heavy atom. The molecule has 1 saturated heterocycles. The van der Waals surface area contributed by atoms with Crippen LogP contribution < -0.4 is 15.0 Å². The first-order valence-electron chi connectivity index (χ1n) is 8.99. The van der Waals surface area contributed by atoms with Gasteiger partial charge in [0.15, 0.2) is 5.65 Å². The number of hydrogen-bond donors (Lipinski definition) is 1. The number of amides is 1. The first-order chi connectivity index (χ1) is 13.2. The smallest absolute Gasteiger partial charge is 0.229 e. The Kier molecular flexibility index (Phi) is 4.82. The van der Waals surface area contributed by atoms with Gasteiger partial charge in [-0.15, -0.1) is 0 Å². The zero-order valence-corrected chi connectivity index (χ0v) is 15.1. The standard InChI is InChI=1S/C20H21N5O2/c1-27-17-6-4-15(5-7-17)24-20(26)14-3-2-10-25(13-14)16-11-18-19(23-12-16)22-9-8-21-18/h4-9,11-12,14H,2-3,10,13H2,1H3,(H,24,26)/t14-/m1/s1. The number of carbonyl (C=O) groups excluding carboxylic acids is 1. The number of pyridine rings is 1. The maximum atomic E-state index is 12.7. The molecule has 1 N–H and O–H groups in total. The lowest BCUT2D eigenvalue weighted by molar-refractivity contribution is -0.120. The summed E-state index contributed by atoms with van der Waals surface area (Å²) in [6.45, 7) is 1.56. The van der Waals surface area contributed by atoms with E-state index in [1.807, 2.05) is 30.3 Å². The van der Waals surface area contributed by atoms with Crippen molar-refractivity contribution in [2.24, 2.45) is 5.92 Å². The van der Waals surface area contributed by atoms with Crippen LogP contribution in [0.4, 0.5) is 11.4 Å². The molecule has 3 aromatic rings. The molecular formula is C20H21N5O2. The Morgan fingerprint density at radius 2 is 2.00 bits per heavy atom. The molecule has 1 aliphatic rings. The van der Waals surface area contributed by atoms with Crippen molar-refractivity contribution in [1.82, 2.24) is 15.0 Å². The third-order valence-corrected chi connectivity index (χ3v) is 4.82. The van der Waals surface area contributed by atoms with Crippen LogP contribution in [0.5, 0.6) is 5.75 Å². The summed E-state index contributed by atoms with van der Waals surface area (Å²) >= 11 is 0. The summed E-state index contributed by atoms with van der Waals surface area (Å²) in [4.78, 5) is 27.8. The van der Waals surface area contributed by atoms with Crippen molar-refractivity contribution >= 4 is 28.4 Å². The number of methoxy groups -OCH3 is 1. The zero-order valence-electron chi connectivity index (χ0n) is 15.1. The van der Waals surface area contributed by atoms with Crippen LogP contribution in [-0.4, -0.2) is 41.1 Å². The van der Waals surface area contributed by atoms with Gasteiger partial charge in [-0.2, -0.15) is 0 Å². The van der Waals surface area contributed by atoms with Crippen LogP contribution in [-0.2, 0) is 4.79 Å². The molecule has 0 aliphatic carbocycles. The van der Waals surface area contributed by atoms with Gasteiger partial charge < -0.3 is 15.0 Å². The predicted octanol–water partition coefficient (Wildman–Crippen LogP) is 2.89. The number of nitrogens with zero attached hydrogens (tertiary/aromatic N) is 4. The quantitative estimate of drug-likeness (QED) is 0.768. The fourth-order valence-corrected chi connectivity index (χ4v) is 3.36. The van der Waals surface area contributed by atoms with Gasteiger partial charge in [0.2, 0.25) is 5.91 Å². The molecule has 1 aliphatic heterocycles. The van der Waals surface area contributed by atoms with Gasteiger partial charge in [-0.1, -0.05) is 0 Å². The van der Waals surface area contributed by atoms with Gasteiger partial charge in [-0.25, -0.2) is 9.97 Å². The molecule has 1 fully saturated rings. The minimum atomic E-state index is -0.0709. The Morgan fingerprint density at radius 3 is 2.81 bits per heavy atom. The third kappa shape index (κ3) is 3.81. The van der Waals surface area contributed by atoms with E-state index in [4.69, 9.17) is 4.74 Å². The fourth-order valence-electron chi connectivity index (χ4n) is 3.36. The molecule has 4 rings (SSSR count). The van der Waals surface area contributed by atoms with Gasteiger partial charge >= 0.3 is 0 Å². The highest BCUT2D eigenvalue weighted by atomic mass is 16.5. The van der Waals surface area contributed by atoms with Crippen molar-refractivity contribution in [2.45, 2.75) is 12.8 Å². The van der Waals surface area contributed by atoms with Crippen LogP contribution in [0.3, 0.4) is 0 Å². The lowest BCUT2D eigenvalue weighted by Gasteiger charge is -2.33. The molecule has 1 aromatic carbocycles. The van der Waals surface area contributed by atoms with Crippen molar-refractivity contribution in [3.8, 4) is 5.75 Å². The van der Waals surface area contributed by atoms with E-state index in [9.17, 15) is 4.79 Å². The number of aromatic nitrogens is 3. The molecule has 0 radical (unpaired) electrons. The van der Waals surface area contributed by atoms with E-state index >= 15 is 0 Å². The predicted molar refractivity (Wildman–Crippen MR) is 104 cm³/mol. The van der Waals surface area contributed by atoms with Gasteiger partial charge in [0.1, 0.15) is 11.3 Å². The van der Waals surface area contributed by atoms with Crippen LogP contribution in [0.25, 0.3) is 11.2 Å². The number of benzene rings is 1. The summed E-state index contributed by atoms with van der Waals surface area (Å²) in [5.74, 6) is 0.737. The van der Waals surface area contributed by atoms with Crippen molar-refractivity contribution in [3.63, 3.8) is 0 Å². The van der Waals surface area contributed by atoms with E-state index in [1.165, 1.54) is 0 Å². The topological polar surface area (TPSA) is 80.2 Å². The summed E-state index contributed by atoms with van der Waals surface area (Å²) in [6.07, 6.45) is 6.93. The van der Waals surface area contributed by atoms with Crippen LogP contribution in [0.15, 0.2) is 48.9 Å².